The first kappa shape index (κ1) is 17.1. The lowest BCUT2D eigenvalue weighted by atomic mass is 10.2. The van der Waals surface area contributed by atoms with E-state index in [0.717, 1.165) is 0 Å². The van der Waals surface area contributed by atoms with Crippen LogP contribution in [-0.4, -0.2) is 18.6 Å². The van der Waals surface area contributed by atoms with Crippen LogP contribution in [0, 0.1) is 0 Å². The molecule has 1 heterocycles. The highest BCUT2D eigenvalue weighted by Gasteiger charge is 2.17. The Kier molecular flexibility index (Phi) is 5.11. The van der Waals surface area contributed by atoms with E-state index in [1.54, 1.807) is 36.4 Å². The second-order valence-electron chi connectivity index (χ2n) is 4.99. The zero-order chi connectivity index (χ0) is 17.8. The van der Waals surface area contributed by atoms with Crippen molar-refractivity contribution >= 4 is 41.1 Å². The van der Waals surface area contributed by atoms with Crippen molar-refractivity contribution < 1.29 is 19.1 Å². The highest BCUT2D eigenvalue weighted by Crippen LogP contribution is 2.40. The van der Waals surface area contributed by atoms with Gasteiger partial charge in [-0.15, -0.1) is 0 Å². The average molecular weight is 379 g/mol. The van der Waals surface area contributed by atoms with Crippen LogP contribution in [-0.2, 0) is 4.79 Å². The van der Waals surface area contributed by atoms with Crippen LogP contribution < -0.4 is 20.3 Å². The molecule has 0 atom stereocenters. The molecule has 2 aromatic carbocycles. The van der Waals surface area contributed by atoms with Crippen molar-refractivity contribution in [3.63, 3.8) is 0 Å². The second kappa shape index (κ2) is 7.46. The number of hydrogen-bond donors (Lipinski definition) is 2. The number of amides is 2. The largest absolute Gasteiger partial charge is 0.454 e. The van der Waals surface area contributed by atoms with E-state index < -0.39 is 11.8 Å². The van der Waals surface area contributed by atoms with Crippen LogP contribution >= 0.6 is 23.2 Å². The number of ether oxygens (including phenoxy) is 2. The summed E-state index contributed by atoms with van der Waals surface area (Å²) >= 11 is 12.0. The molecular weight excluding hydrogens is 367 g/mol. The van der Waals surface area contributed by atoms with Crippen LogP contribution in [0.5, 0.6) is 11.5 Å². The third kappa shape index (κ3) is 4.04. The van der Waals surface area contributed by atoms with Crippen LogP contribution in [0.15, 0.2) is 42.5 Å². The van der Waals surface area contributed by atoms with E-state index in [4.69, 9.17) is 32.7 Å². The molecular formula is C17H12Cl2N2O4. The summed E-state index contributed by atoms with van der Waals surface area (Å²) in [6.45, 7) is 0.108. The normalized spacial score (nSPS) is 12.2. The summed E-state index contributed by atoms with van der Waals surface area (Å²) in [7, 11) is 0. The van der Waals surface area contributed by atoms with Crippen molar-refractivity contribution in [2.45, 2.75) is 0 Å². The first-order chi connectivity index (χ1) is 12.0. The molecule has 0 unspecified atom stereocenters. The molecule has 0 radical (unpaired) electrons. The Hall–Kier alpha value is -2.70. The van der Waals surface area contributed by atoms with Crippen LogP contribution in [0.2, 0.25) is 10.0 Å². The van der Waals surface area contributed by atoms with Gasteiger partial charge in [0.2, 0.25) is 6.79 Å². The minimum atomic E-state index is -0.519. The monoisotopic (exact) mass is 378 g/mol. The fourth-order valence-corrected chi connectivity index (χ4v) is 2.62. The number of carbonyl (C=O) groups is 2. The maximum absolute atomic E-state index is 11.9. The van der Waals surface area contributed by atoms with Crippen molar-refractivity contribution in [1.29, 1.82) is 0 Å². The van der Waals surface area contributed by atoms with Crippen molar-refractivity contribution in [2.24, 2.45) is 0 Å². The lowest BCUT2D eigenvalue weighted by molar-refractivity contribution is -0.117. The van der Waals surface area contributed by atoms with Gasteiger partial charge in [0.05, 0.1) is 15.6 Å². The molecule has 0 bridgehead atoms. The maximum atomic E-state index is 11.9. The predicted octanol–water partition coefficient (Wildman–Crippen LogP) is 3.20. The Morgan fingerprint density at radius 1 is 1.04 bits per heavy atom. The van der Waals surface area contributed by atoms with E-state index >= 15 is 0 Å². The van der Waals surface area contributed by atoms with Crippen molar-refractivity contribution in [2.75, 3.05) is 6.79 Å². The zero-order valence-corrected chi connectivity index (χ0v) is 14.2. The van der Waals surface area contributed by atoms with Gasteiger partial charge in [0, 0.05) is 6.08 Å². The van der Waals surface area contributed by atoms with Crippen LogP contribution in [0.3, 0.4) is 0 Å². The third-order valence-corrected chi connectivity index (χ3v) is 3.90. The van der Waals surface area contributed by atoms with Crippen molar-refractivity contribution in [3.05, 3.63) is 63.6 Å². The van der Waals surface area contributed by atoms with Gasteiger partial charge in [0.1, 0.15) is 0 Å². The van der Waals surface area contributed by atoms with Gasteiger partial charge in [-0.25, -0.2) is 0 Å². The van der Waals surface area contributed by atoms with E-state index in [-0.39, 0.29) is 12.4 Å². The molecule has 0 aromatic heterocycles. The number of fused-ring (bicyclic) bond motifs is 1. The van der Waals surface area contributed by atoms with Gasteiger partial charge in [0.15, 0.2) is 11.5 Å². The number of carbonyl (C=O) groups excluding carboxylic acids is 2. The molecule has 3 rings (SSSR count). The van der Waals surface area contributed by atoms with E-state index in [1.165, 1.54) is 12.2 Å². The van der Waals surface area contributed by atoms with Gasteiger partial charge in [-0.05, 0) is 35.9 Å². The number of rotatable bonds is 3. The van der Waals surface area contributed by atoms with Gasteiger partial charge in [-0.2, -0.15) is 0 Å². The fourth-order valence-electron chi connectivity index (χ4n) is 2.13. The predicted molar refractivity (Wildman–Crippen MR) is 93.7 cm³/mol. The van der Waals surface area contributed by atoms with Crippen LogP contribution in [0.4, 0.5) is 0 Å². The number of benzene rings is 2. The maximum Gasteiger partial charge on any atom is 0.271 e. The van der Waals surface area contributed by atoms with Gasteiger partial charge < -0.3 is 9.47 Å². The molecule has 1 aliphatic rings. The average Bonchev–Trinajstić information content (AvgIpc) is 3.07. The molecule has 8 heteroatoms. The van der Waals surface area contributed by atoms with Crippen LogP contribution in [0.25, 0.3) is 6.08 Å². The van der Waals surface area contributed by atoms with Gasteiger partial charge in [-0.1, -0.05) is 35.3 Å². The van der Waals surface area contributed by atoms with Crippen molar-refractivity contribution in [3.8, 4) is 11.5 Å². The minimum absolute atomic E-state index is 0.108. The molecule has 25 heavy (non-hydrogen) atoms. The molecule has 2 N–H and O–H groups in total. The summed E-state index contributed by atoms with van der Waals surface area (Å²) in [6, 6.07) is 9.85. The molecule has 0 aliphatic carbocycles. The quantitative estimate of drug-likeness (QED) is 0.635. The summed E-state index contributed by atoms with van der Waals surface area (Å²) in [6.07, 6.45) is 2.78. The van der Waals surface area contributed by atoms with E-state index in [9.17, 15) is 9.59 Å². The van der Waals surface area contributed by atoms with E-state index in [0.29, 0.717) is 27.1 Å². The summed E-state index contributed by atoms with van der Waals surface area (Å²) in [5.41, 5.74) is 5.47. The zero-order valence-electron chi connectivity index (χ0n) is 12.7. The summed E-state index contributed by atoms with van der Waals surface area (Å²) < 4.78 is 10.5. The molecule has 2 amide bonds. The minimum Gasteiger partial charge on any atom is -0.454 e. The lowest BCUT2D eigenvalue weighted by Gasteiger charge is -2.06. The first-order valence-electron chi connectivity index (χ1n) is 7.16. The highest BCUT2D eigenvalue weighted by molar-refractivity contribution is 6.34. The Morgan fingerprint density at radius 2 is 1.84 bits per heavy atom. The Labute approximate surface area is 153 Å². The standard InChI is InChI=1S/C17H12Cl2N2O4/c18-12-4-2-1-3-11(12)17(23)21-20-15(22)6-5-10-7-13(19)16-14(8-10)24-9-25-16/h1-8H,9H2,(H,20,22)(H,21,23)/b6-5+. The number of halogens is 2. The van der Waals surface area contributed by atoms with Gasteiger partial charge in [-0.3, -0.25) is 20.4 Å². The van der Waals surface area contributed by atoms with Crippen molar-refractivity contribution in [1.82, 2.24) is 10.9 Å². The topological polar surface area (TPSA) is 76.7 Å². The number of hydrazine groups is 1. The molecule has 0 saturated carbocycles. The molecule has 0 saturated heterocycles. The SMILES string of the molecule is O=C(/C=C/c1cc(Cl)c2c(c1)OCO2)NNC(=O)c1ccccc1Cl. The van der Waals surface area contributed by atoms with Gasteiger partial charge in [0.25, 0.3) is 11.8 Å². The number of nitrogens with one attached hydrogen (secondary N) is 2. The fraction of sp³-hybridized carbons (Fsp3) is 0.0588. The first-order valence-corrected chi connectivity index (χ1v) is 7.92. The Morgan fingerprint density at radius 3 is 2.64 bits per heavy atom. The lowest BCUT2D eigenvalue weighted by Crippen LogP contribution is -2.40. The van der Waals surface area contributed by atoms with Gasteiger partial charge >= 0.3 is 0 Å². The van der Waals surface area contributed by atoms with Crippen LogP contribution in [0.1, 0.15) is 15.9 Å². The molecule has 2 aromatic rings. The molecule has 128 valence electrons. The Bertz CT molecular complexity index is 868. The summed E-state index contributed by atoms with van der Waals surface area (Å²) in [5.74, 6) is -0.0393. The van der Waals surface area contributed by atoms with E-state index in [2.05, 4.69) is 10.9 Å². The third-order valence-electron chi connectivity index (χ3n) is 3.29. The molecule has 6 nitrogen and oxygen atoms in total. The second-order valence-corrected chi connectivity index (χ2v) is 5.81. The molecule has 1 aliphatic heterocycles. The summed E-state index contributed by atoms with van der Waals surface area (Å²) in [4.78, 5) is 23.8. The van der Waals surface area contributed by atoms with E-state index in [1.807, 2.05) is 0 Å². The number of hydrogen-bond acceptors (Lipinski definition) is 4. The Balaban J connectivity index is 1.59. The molecule has 0 spiro atoms. The smallest absolute Gasteiger partial charge is 0.271 e. The molecule has 0 fully saturated rings. The highest BCUT2D eigenvalue weighted by atomic mass is 35.5. The summed E-state index contributed by atoms with van der Waals surface area (Å²) in [5, 5.41) is 0.682.